The molecule has 1 aromatic carbocycles. The van der Waals surface area contributed by atoms with E-state index in [0.717, 1.165) is 11.3 Å². The summed E-state index contributed by atoms with van der Waals surface area (Å²) in [6, 6.07) is 12.9. The summed E-state index contributed by atoms with van der Waals surface area (Å²) in [4.78, 5) is 4.14. The Balaban J connectivity index is 2.28. The maximum absolute atomic E-state index is 7.31. The van der Waals surface area contributed by atoms with E-state index in [9.17, 15) is 0 Å². The van der Waals surface area contributed by atoms with Crippen LogP contribution in [0.15, 0.2) is 42.5 Å². The van der Waals surface area contributed by atoms with Crippen LogP contribution in [-0.4, -0.2) is 10.8 Å². The van der Waals surface area contributed by atoms with Crippen molar-refractivity contribution in [2.24, 2.45) is 5.73 Å². The topological polar surface area (TPSA) is 72.0 Å². The molecule has 4 nitrogen and oxygen atoms in total. The number of nitrogen functional groups attached to an aromatic ring is 1. The molecule has 4 heteroatoms. The van der Waals surface area contributed by atoms with Gasteiger partial charge in [-0.05, 0) is 24.6 Å². The molecule has 0 bridgehead atoms. The van der Waals surface area contributed by atoms with Crippen LogP contribution in [0.4, 0.5) is 0 Å². The van der Waals surface area contributed by atoms with Crippen LogP contribution < -0.4 is 10.5 Å². The van der Waals surface area contributed by atoms with Crippen molar-refractivity contribution in [2.75, 3.05) is 0 Å². The largest absolute Gasteiger partial charge is 0.439 e. The van der Waals surface area contributed by atoms with E-state index in [4.69, 9.17) is 15.9 Å². The van der Waals surface area contributed by atoms with Gasteiger partial charge in [-0.3, -0.25) is 5.41 Å². The van der Waals surface area contributed by atoms with Crippen LogP contribution in [0.3, 0.4) is 0 Å². The fourth-order valence-corrected chi connectivity index (χ4v) is 1.41. The van der Waals surface area contributed by atoms with Crippen molar-refractivity contribution < 1.29 is 4.74 Å². The maximum Gasteiger partial charge on any atom is 0.219 e. The zero-order valence-corrected chi connectivity index (χ0v) is 9.47. The summed E-state index contributed by atoms with van der Waals surface area (Å²) in [5.74, 6) is 1.12. The first-order chi connectivity index (χ1) is 8.16. The number of nitrogens with two attached hydrogens (primary N) is 1. The first-order valence-electron chi connectivity index (χ1n) is 5.22. The van der Waals surface area contributed by atoms with E-state index in [1.165, 1.54) is 0 Å². The first kappa shape index (κ1) is 11.1. The predicted octanol–water partition coefficient (Wildman–Crippen LogP) is 2.47. The van der Waals surface area contributed by atoms with Crippen LogP contribution in [0, 0.1) is 12.3 Å². The summed E-state index contributed by atoms with van der Waals surface area (Å²) >= 11 is 0. The van der Waals surface area contributed by atoms with Gasteiger partial charge in [0.1, 0.15) is 17.3 Å². The number of hydrogen-bond acceptors (Lipinski definition) is 3. The van der Waals surface area contributed by atoms with Gasteiger partial charge in [-0.15, -0.1) is 0 Å². The predicted molar refractivity (Wildman–Crippen MR) is 66.5 cm³/mol. The minimum Gasteiger partial charge on any atom is -0.439 e. The second-order valence-electron chi connectivity index (χ2n) is 3.64. The molecule has 1 aromatic heterocycles. The lowest BCUT2D eigenvalue weighted by Gasteiger charge is -2.08. The van der Waals surface area contributed by atoms with Crippen molar-refractivity contribution in [3.05, 3.63) is 53.7 Å². The molecule has 1 heterocycles. The van der Waals surface area contributed by atoms with Crippen LogP contribution in [0.2, 0.25) is 0 Å². The normalized spacial score (nSPS) is 9.94. The van der Waals surface area contributed by atoms with Crippen LogP contribution in [0.1, 0.15) is 11.3 Å². The van der Waals surface area contributed by atoms with E-state index < -0.39 is 0 Å². The molecule has 3 N–H and O–H groups in total. The molecule has 0 fully saturated rings. The number of amidine groups is 1. The highest BCUT2D eigenvalue weighted by atomic mass is 16.5. The van der Waals surface area contributed by atoms with Gasteiger partial charge in [0.2, 0.25) is 5.88 Å². The Bertz CT molecular complexity index is 552. The van der Waals surface area contributed by atoms with Crippen molar-refractivity contribution in [3.8, 4) is 11.6 Å². The lowest BCUT2D eigenvalue weighted by atomic mass is 10.2. The number of aryl methyl sites for hydroxylation is 1. The number of nitrogens with one attached hydrogen (secondary N) is 1. The molecule has 86 valence electrons. The Kier molecular flexibility index (Phi) is 3.05. The van der Waals surface area contributed by atoms with Crippen molar-refractivity contribution in [3.63, 3.8) is 0 Å². The number of hydrogen-bond donors (Lipinski definition) is 2. The third kappa shape index (κ3) is 2.60. The fourth-order valence-electron chi connectivity index (χ4n) is 1.41. The summed E-state index contributed by atoms with van der Waals surface area (Å²) in [5, 5.41) is 7.31. The van der Waals surface area contributed by atoms with E-state index >= 15 is 0 Å². The Morgan fingerprint density at radius 3 is 2.65 bits per heavy atom. The molecular weight excluding hydrogens is 214 g/mol. The highest BCUT2D eigenvalue weighted by molar-refractivity contribution is 5.93. The second kappa shape index (κ2) is 4.65. The van der Waals surface area contributed by atoms with E-state index in [-0.39, 0.29) is 5.84 Å². The highest BCUT2D eigenvalue weighted by Gasteiger charge is 2.04. The van der Waals surface area contributed by atoms with E-state index in [1.807, 2.05) is 31.2 Å². The molecule has 2 rings (SSSR count). The van der Waals surface area contributed by atoms with Gasteiger partial charge in [-0.1, -0.05) is 24.3 Å². The Hall–Kier alpha value is -2.36. The number of pyridine rings is 1. The molecule has 17 heavy (non-hydrogen) atoms. The van der Waals surface area contributed by atoms with Gasteiger partial charge in [0.25, 0.3) is 0 Å². The van der Waals surface area contributed by atoms with Crippen molar-refractivity contribution in [1.29, 1.82) is 5.41 Å². The summed E-state index contributed by atoms with van der Waals surface area (Å²) < 4.78 is 5.64. The third-order valence-corrected chi connectivity index (χ3v) is 2.31. The average Bonchev–Trinajstić information content (AvgIpc) is 2.32. The Morgan fingerprint density at radius 1 is 1.18 bits per heavy atom. The number of aromatic nitrogens is 1. The van der Waals surface area contributed by atoms with Crippen molar-refractivity contribution >= 4 is 5.84 Å². The zero-order chi connectivity index (χ0) is 12.3. The standard InChI is InChI=1S/C13H13N3O/c1-9-5-2-3-7-11(9)17-12-8-4-6-10(16-12)13(14)15/h2-8H,1H3,(H3,14,15). The summed E-state index contributed by atoms with van der Waals surface area (Å²) in [6.45, 7) is 1.96. The Labute approximate surface area is 99.6 Å². The lowest BCUT2D eigenvalue weighted by Crippen LogP contribution is -2.13. The van der Waals surface area contributed by atoms with Crippen LogP contribution in [0.25, 0.3) is 0 Å². The molecule has 0 saturated heterocycles. The summed E-state index contributed by atoms with van der Waals surface area (Å²) in [6.07, 6.45) is 0. The second-order valence-corrected chi connectivity index (χ2v) is 3.64. The monoisotopic (exact) mass is 227 g/mol. The molecule has 0 unspecified atom stereocenters. The molecule has 0 spiro atoms. The van der Waals surface area contributed by atoms with Crippen molar-refractivity contribution in [1.82, 2.24) is 4.98 Å². The first-order valence-corrected chi connectivity index (χ1v) is 5.22. The number of nitrogens with zero attached hydrogens (tertiary/aromatic N) is 1. The smallest absolute Gasteiger partial charge is 0.219 e. The fraction of sp³-hybridized carbons (Fsp3) is 0.0769. The van der Waals surface area contributed by atoms with Gasteiger partial charge < -0.3 is 10.5 Å². The van der Waals surface area contributed by atoms with Crippen LogP contribution in [0.5, 0.6) is 11.6 Å². The van der Waals surface area contributed by atoms with Crippen LogP contribution >= 0.6 is 0 Å². The minimum absolute atomic E-state index is 0.0692. The molecule has 0 aliphatic rings. The van der Waals surface area contributed by atoms with E-state index in [1.54, 1.807) is 18.2 Å². The molecule has 0 aliphatic heterocycles. The molecule has 2 aromatic rings. The van der Waals surface area contributed by atoms with Crippen molar-refractivity contribution in [2.45, 2.75) is 6.92 Å². The van der Waals surface area contributed by atoms with Gasteiger partial charge in [0, 0.05) is 6.07 Å². The number of ether oxygens (including phenoxy) is 1. The summed E-state index contributed by atoms with van der Waals surface area (Å²) in [7, 11) is 0. The third-order valence-electron chi connectivity index (χ3n) is 2.31. The van der Waals surface area contributed by atoms with Gasteiger partial charge in [-0.2, -0.15) is 0 Å². The summed E-state index contributed by atoms with van der Waals surface area (Å²) in [5.41, 5.74) is 6.81. The SMILES string of the molecule is Cc1ccccc1Oc1cccc(C(=N)N)n1. The maximum atomic E-state index is 7.31. The van der Waals surface area contributed by atoms with E-state index in [0.29, 0.717) is 11.6 Å². The number of rotatable bonds is 3. The van der Waals surface area contributed by atoms with Gasteiger partial charge in [0.05, 0.1) is 0 Å². The van der Waals surface area contributed by atoms with Crippen LogP contribution in [-0.2, 0) is 0 Å². The minimum atomic E-state index is -0.0692. The zero-order valence-electron chi connectivity index (χ0n) is 9.47. The van der Waals surface area contributed by atoms with E-state index in [2.05, 4.69) is 4.98 Å². The van der Waals surface area contributed by atoms with Gasteiger partial charge in [-0.25, -0.2) is 4.98 Å². The molecular formula is C13H13N3O. The molecule has 0 saturated carbocycles. The van der Waals surface area contributed by atoms with Gasteiger partial charge in [0.15, 0.2) is 0 Å². The quantitative estimate of drug-likeness (QED) is 0.625. The average molecular weight is 227 g/mol. The number of benzene rings is 1. The Morgan fingerprint density at radius 2 is 1.94 bits per heavy atom. The molecule has 0 aliphatic carbocycles. The number of para-hydroxylation sites is 1. The lowest BCUT2D eigenvalue weighted by molar-refractivity contribution is 0.459. The van der Waals surface area contributed by atoms with Gasteiger partial charge >= 0.3 is 0 Å². The highest BCUT2D eigenvalue weighted by Crippen LogP contribution is 2.22. The molecule has 0 radical (unpaired) electrons. The molecule has 0 atom stereocenters. The molecule has 0 amide bonds.